The monoisotopic (exact) mass is 404 g/mol. The molecule has 0 radical (unpaired) electrons. The van der Waals surface area contributed by atoms with Crippen molar-refractivity contribution in [2.24, 2.45) is 5.92 Å². The summed E-state index contributed by atoms with van der Waals surface area (Å²) < 4.78 is 0. The minimum absolute atomic E-state index is 0.0468. The van der Waals surface area contributed by atoms with E-state index in [1.54, 1.807) is 12.1 Å². The number of benzene rings is 2. The van der Waals surface area contributed by atoms with E-state index in [9.17, 15) is 15.0 Å². The lowest BCUT2D eigenvalue weighted by Gasteiger charge is -2.39. The second kappa shape index (κ2) is 7.71. The zero-order valence-electron chi connectivity index (χ0n) is 17.1. The zero-order chi connectivity index (χ0) is 20.7. The van der Waals surface area contributed by atoms with Gasteiger partial charge in [-0.05, 0) is 48.9 Å². The van der Waals surface area contributed by atoms with Gasteiger partial charge in [0.1, 0.15) is 11.5 Å². The van der Waals surface area contributed by atoms with Crippen LogP contribution in [0.1, 0.15) is 65.5 Å². The molecule has 0 bridgehead atoms. The molecule has 0 spiro atoms. The number of likely N-dealkylation sites (tertiary alicyclic amines) is 1. The summed E-state index contributed by atoms with van der Waals surface area (Å²) >= 11 is 0. The highest BCUT2D eigenvalue weighted by molar-refractivity contribution is 6.01. The number of phenolic OH excluding ortho intramolecular Hbond substituents is 2. The number of nitrogens with one attached hydrogen (secondary N) is 1. The predicted octanol–water partition coefficient (Wildman–Crippen LogP) is 4.94. The molecule has 3 aliphatic rings. The van der Waals surface area contributed by atoms with Gasteiger partial charge in [0.2, 0.25) is 0 Å². The summed E-state index contributed by atoms with van der Waals surface area (Å²) in [6, 6.07) is 10.7. The first kappa shape index (κ1) is 19.0. The maximum atomic E-state index is 13.5. The van der Waals surface area contributed by atoms with Crippen LogP contribution in [-0.2, 0) is 0 Å². The predicted molar refractivity (Wildman–Crippen MR) is 117 cm³/mol. The third-order valence-electron chi connectivity index (χ3n) is 6.87. The van der Waals surface area contributed by atoms with E-state index in [1.807, 2.05) is 17.0 Å². The van der Waals surface area contributed by atoms with Gasteiger partial charge in [-0.15, -0.1) is 0 Å². The van der Waals surface area contributed by atoms with Gasteiger partial charge in [-0.1, -0.05) is 37.1 Å². The molecule has 2 heterocycles. The quantitative estimate of drug-likeness (QED) is 0.620. The van der Waals surface area contributed by atoms with Crippen molar-refractivity contribution in [2.45, 2.75) is 44.1 Å². The Kier molecular flexibility index (Phi) is 4.89. The highest BCUT2D eigenvalue weighted by Crippen LogP contribution is 2.52. The molecule has 3 atom stereocenters. The van der Waals surface area contributed by atoms with Gasteiger partial charge in [0.25, 0.3) is 5.91 Å². The van der Waals surface area contributed by atoms with Crippen LogP contribution >= 0.6 is 0 Å². The van der Waals surface area contributed by atoms with Gasteiger partial charge in [0, 0.05) is 30.6 Å². The Labute approximate surface area is 177 Å². The molecule has 1 aliphatic carbocycles. The highest BCUT2D eigenvalue weighted by Gasteiger charge is 2.40. The van der Waals surface area contributed by atoms with E-state index >= 15 is 0 Å². The van der Waals surface area contributed by atoms with Crippen LogP contribution in [-0.4, -0.2) is 34.1 Å². The molecule has 3 N–H and O–H groups in total. The molecular weight excluding hydrogens is 376 g/mol. The largest absolute Gasteiger partial charge is 0.508 e. The van der Waals surface area contributed by atoms with Crippen molar-refractivity contribution in [3.8, 4) is 11.5 Å². The highest BCUT2D eigenvalue weighted by atomic mass is 16.3. The van der Waals surface area contributed by atoms with Crippen molar-refractivity contribution in [1.29, 1.82) is 0 Å². The lowest BCUT2D eigenvalue weighted by molar-refractivity contribution is 0.0762. The summed E-state index contributed by atoms with van der Waals surface area (Å²) in [6.45, 7) is 1.63. The molecule has 2 aliphatic heterocycles. The van der Waals surface area contributed by atoms with Crippen LogP contribution in [0, 0.1) is 5.92 Å². The number of carbonyl (C=O) groups is 1. The smallest absolute Gasteiger partial charge is 0.255 e. The van der Waals surface area contributed by atoms with E-state index in [2.05, 4.69) is 23.5 Å². The van der Waals surface area contributed by atoms with Gasteiger partial charge in [-0.2, -0.15) is 0 Å². The molecule has 1 amide bonds. The lowest BCUT2D eigenvalue weighted by Crippen LogP contribution is -2.35. The van der Waals surface area contributed by atoms with Gasteiger partial charge in [-0.3, -0.25) is 4.79 Å². The maximum Gasteiger partial charge on any atom is 0.255 e. The van der Waals surface area contributed by atoms with E-state index in [4.69, 9.17) is 0 Å². The van der Waals surface area contributed by atoms with Crippen LogP contribution in [0.25, 0.3) is 0 Å². The normalized spacial score (nSPS) is 25.2. The van der Waals surface area contributed by atoms with Crippen LogP contribution in [0.4, 0.5) is 5.69 Å². The molecular formula is C25H28N2O3. The van der Waals surface area contributed by atoms with Crippen LogP contribution < -0.4 is 5.32 Å². The van der Waals surface area contributed by atoms with Crippen molar-refractivity contribution >= 4 is 11.6 Å². The average Bonchev–Trinajstić information content (AvgIpc) is 3.08. The summed E-state index contributed by atoms with van der Waals surface area (Å²) in [7, 11) is 0. The van der Waals surface area contributed by atoms with Gasteiger partial charge < -0.3 is 20.4 Å². The standard InChI is InChI=1S/C25H28N2O3/c28-16-11-12-20(22(29)15-16)23-18-8-5-7-17(18)19-9-6-10-21(24(19)26-23)25(30)27-13-3-1-2-4-14-27/h5-7,9-12,15,17-18,23,26,28-29H,1-4,8,13-14H2. The van der Waals surface area contributed by atoms with Crippen molar-refractivity contribution in [2.75, 3.05) is 18.4 Å². The zero-order valence-corrected chi connectivity index (χ0v) is 17.1. The third-order valence-corrected chi connectivity index (χ3v) is 6.87. The van der Waals surface area contributed by atoms with E-state index in [-0.39, 0.29) is 35.3 Å². The first-order chi connectivity index (χ1) is 14.6. The molecule has 2 aromatic carbocycles. The number of allylic oxidation sites excluding steroid dienone is 2. The molecule has 2 aromatic rings. The van der Waals surface area contributed by atoms with E-state index < -0.39 is 0 Å². The summed E-state index contributed by atoms with van der Waals surface area (Å²) in [6.07, 6.45) is 9.83. The second-order valence-electron chi connectivity index (χ2n) is 8.69. The number of hydrogen-bond donors (Lipinski definition) is 3. The maximum absolute atomic E-state index is 13.5. The topological polar surface area (TPSA) is 72.8 Å². The van der Waals surface area contributed by atoms with Crippen LogP contribution in [0.5, 0.6) is 11.5 Å². The molecule has 156 valence electrons. The van der Waals surface area contributed by atoms with Gasteiger partial charge in [0.15, 0.2) is 0 Å². The number of anilines is 1. The van der Waals surface area contributed by atoms with E-state index in [1.165, 1.54) is 18.9 Å². The SMILES string of the molecule is O=C(c1cccc2c1NC(c1ccc(O)cc1O)C1CC=CC21)N1CCCCCC1. The number of carbonyl (C=O) groups excluding carboxylic acids is 1. The fraction of sp³-hybridized carbons (Fsp3) is 0.400. The van der Waals surface area contributed by atoms with Gasteiger partial charge in [-0.25, -0.2) is 0 Å². The minimum Gasteiger partial charge on any atom is -0.508 e. The Morgan fingerprint density at radius 3 is 2.57 bits per heavy atom. The van der Waals surface area contributed by atoms with E-state index in [0.29, 0.717) is 0 Å². The number of amides is 1. The summed E-state index contributed by atoms with van der Waals surface area (Å²) in [5, 5.41) is 23.9. The number of para-hydroxylation sites is 1. The lowest BCUT2D eigenvalue weighted by atomic mass is 9.76. The first-order valence-corrected chi connectivity index (χ1v) is 11.0. The number of phenols is 2. The van der Waals surface area contributed by atoms with Gasteiger partial charge >= 0.3 is 0 Å². The molecule has 5 nitrogen and oxygen atoms in total. The Balaban J connectivity index is 1.55. The van der Waals surface area contributed by atoms with Crippen molar-refractivity contribution in [1.82, 2.24) is 4.90 Å². The second-order valence-corrected chi connectivity index (χ2v) is 8.69. The fourth-order valence-electron chi connectivity index (χ4n) is 5.35. The Morgan fingerprint density at radius 1 is 1.00 bits per heavy atom. The molecule has 5 rings (SSSR count). The minimum atomic E-state index is -0.129. The number of aromatic hydroxyl groups is 2. The molecule has 1 fully saturated rings. The van der Waals surface area contributed by atoms with Crippen LogP contribution in [0.15, 0.2) is 48.6 Å². The summed E-state index contributed by atoms with van der Waals surface area (Å²) in [5.41, 5.74) is 3.52. The summed E-state index contributed by atoms with van der Waals surface area (Å²) in [4.78, 5) is 15.5. The van der Waals surface area contributed by atoms with Gasteiger partial charge in [0.05, 0.1) is 17.3 Å². The van der Waals surface area contributed by atoms with Crippen LogP contribution in [0.2, 0.25) is 0 Å². The number of rotatable bonds is 2. The molecule has 1 saturated heterocycles. The Bertz CT molecular complexity index is 992. The van der Waals surface area contributed by atoms with Crippen LogP contribution in [0.3, 0.4) is 0 Å². The number of hydrogen-bond acceptors (Lipinski definition) is 4. The third kappa shape index (κ3) is 3.22. The van der Waals surface area contributed by atoms with Crippen molar-refractivity contribution in [3.63, 3.8) is 0 Å². The molecule has 0 aromatic heterocycles. The number of fused-ring (bicyclic) bond motifs is 3. The summed E-state index contributed by atoms with van der Waals surface area (Å²) in [5.74, 6) is 0.687. The Hall–Kier alpha value is -2.95. The molecule has 30 heavy (non-hydrogen) atoms. The Morgan fingerprint density at radius 2 is 1.80 bits per heavy atom. The first-order valence-electron chi connectivity index (χ1n) is 11.0. The fourth-order valence-corrected chi connectivity index (χ4v) is 5.35. The molecule has 0 saturated carbocycles. The number of nitrogens with zero attached hydrogens (tertiary/aromatic N) is 1. The van der Waals surface area contributed by atoms with Crippen molar-refractivity contribution < 1.29 is 15.0 Å². The molecule has 3 unspecified atom stereocenters. The van der Waals surface area contributed by atoms with E-state index in [0.717, 1.165) is 54.7 Å². The average molecular weight is 405 g/mol. The molecule has 5 heteroatoms. The van der Waals surface area contributed by atoms with Crippen molar-refractivity contribution in [3.05, 3.63) is 65.2 Å².